The lowest BCUT2D eigenvalue weighted by atomic mass is 10.00. The molecule has 3 rings (SSSR count). The summed E-state index contributed by atoms with van der Waals surface area (Å²) in [6, 6.07) is 0.495. The molecular weight excluding hydrogens is 441 g/mol. The molecule has 1 fully saturated rings. The Hall–Kier alpha value is -2.80. The number of nitrogens with one attached hydrogen (secondary N) is 2. The minimum absolute atomic E-state index is 0.133. The van der Waals surface area contributed by atoms with Crippen LogP contribution in [0.5, 0.6) is 5.75 Å². The molecule has 0 aromatic carbocycles. The monoisotopic (exact) mass is 463 g/mol. The van der Waals surface area contributed by atoms with Gasteiger partial charge in [0.05, 0.1) is 24.0 Å². The Labute approximate surface area is 180 Å². The van der Waals surface area contributed by atoms with Crippen LogP contribution >= 0.6 is 0 Å². The number of oxazole rings is 1. The van der Waals surface area contributed by atoms with Crippen molar-refractivity contribution in [3.8, 4) is 17.1 Å². The molecule has 1 aliphatic heterocycles. The standard InChI is InChI=1S/C19H22F5N5O3/c1-18(2,29-4-3-26-13(9-29)15(30)28-10-19(22,23)24)16-27-8-14(32-16)11-5-12(7-25-6-11)31-17(20)21/h5-8,13,17,26H,3-4,9-10H2,1-2H3,(H,28,30)/t13-/m0/s1. The van der Waals surface area contributed by atoms with E-state index in [2.05, 4.69) is 20.0 Å². The van der Waals surface area contributed by atoms with E-state index in [1.54, 1.807) is 13.8 Å². The van der Waals surface area contributed by atoms with Crippen LogP contribution in [-0.2, 0) is 10.3 Å². The van der Waals surface area contributed by atoms with Crippen LogP contribution < -0.4 is 15.4 Å². The Balaban J connectivity index is 1.71. The summed E-state index contributed by atoms with van der Waals surface area (Å²) in [5.74, 6) is -0.332. The van der Waals surface area contributed by atoms with Crippen molar-refractivity contribution in [2.45, 2.75) is 38.2 Å². The van der Waals surface area contributed by atoms with E-state index in [0.717, 1.165) is 6.20 Å². The molecule has 2 N–H and O–H groups in total. The average molecular weight is 463 g/mol. The molecule has 0 spiro atoms. The highest BCUT2D eigenvalue weighted by Crippen LogP contribution is 2.32. The van der Waals surface area contributed by atoms with E-state index in [-0.39, 0.29) is 23.9 Å². The third kappa shape index (κ3) is 5.91. The molecule has 0 aliphatic carbocycles. The van der Waals surface area contributed by atoms with Gasteiger partial charge < -0.3 is 19.8 Å². The topological polar surface area (TPSA) is 92.5 Å². The summed E-state index contributed by atoms with van der Waals surface area (Å²) in [4.78, 5) is 22.1. The van der Waals surface area contributed by atoms with Crippen LogP contribution in [-0.4, -0.2) is 65.8 Å². The Morgan fingerprint density at radius 2 is 2.09 bits per heavy atom. The highest BCUT2D eigenvalue weighted by Gasteiger charge is 2.39. The van der Waals surface area contributed by atoms with E-state index in [0.29, 0.717) is 18.7 Å². The number of piperazine rings is 1. The van der Waals surface area contributed by atoms with Crippen molar-refractivity contribution in [1.82, 2.24) is 25.5 Å². The maximum atomic E-state index is 12.4. The van der Waals surface area contributed by atoms with Crippen molar-refractivity contribution in [2.24, 2.45) is 0 Å². The molecule has 8 nitrogen and oxygen atoms in total. The Morgan fingerprint density at radius 1 is 1.34 bits per heavy atom. The number of nitrogens with zero attached hydrogens (tertiary/aromatic N) is 3. The smallest absolute Gasteiger partial charge is 0.405 e. The van der Waals surface area contributed by atoms with E-state index in [1.165, 1.54) is 18.5 Å². The van der Waals surface area contributed by atoms with Gasteiger partial charge in [-0.05, 0) is 19.9 Å². The van der Waals surface area contributed by atoms with Gasteiger partial charge in [-0.3, -0.25) is 14.7 Å². The predicted octanol–water partition coefficient (Wildman–Crippen LogP) is 2.53. The summed E-state index contributed by atoms with van der Waals surface area (Å²) in [7, 11) is 0. The normalized spacial score (nSPS) is 18.1. The van der Waals surface area contributed by atoms with Gasteiger partial charge in [-0.25, -0.2) is 4.98 Å². The molecule has 1 saturated heterocycles. The Kier molecular flexibility index (Phi) is 6.98. The fraction of sp³-hybridized carbons (Fsp3) is 0.526. The lowest BCUT2D eigenvalue weighted by Gasteiger charge is -2.41. The van der Waals surface area contributed by atoms with E-state index in [9.17, 15) is 26.7 Å². The van der Waals surface area contributed by atoms with Gasteiger partial charge >= 0.3 is 12.8 Å². The zero-order valence-corrected chi connectivity index (χ0v) is 17.2. The molecular formula is C19H22F5N5O3. The van der Waals surface area contributed by atoms with Crippen LogP contribution in [0.1, 0.15) is 19.7 Å². The Morgan fingerprint density at radius 3 is 2.78 bits per heavy atom. The number of halogens is 5. The third-order valence-electron chi connectivity index (χ3n) is 5.00. The van der Waals surface area contributed by atoms with Gasteiger partial charge in [-0.2, -0.15) is 22.0 Å². The zero-order chi connectivity index (χ0) is 23.5. The quantitative estimate of drug-likeness (QED) is 0.610. The van der Waals surface area contributed by atoms with Gasteiger partial charge in [0.1, 0.15) is 12.3 Å². The molecule has 2 aromatic rings. The molecule has 1 aliphatic rings. The maximum absolute atomic E-state index is 12.4. The molecule has 0 bridgehead atoms. The van der Waals surface area contributed by atoms with Crippen molar-refractivity contribution >= 4 is 5.91 Å². The van der Waals surface area contributed by atoms with Gasteiger partial charge in [0.25, 0.3) is 0 Å². The molecule has 176 valence electrons. The summed E-state index contributed by atoms with van der Waals surface area (Å²) in [5.41, 5.74) is -0.435. The van der Waals surface area contributed by atoms with Gasteiger partial charge in [0.15, 0.2) is 5.76 Å². The number of carbonyl (C=O) groups is 1. The molecule has 32 heavy (non-hydrogen) atoms. The van der Waals surface area contributed by atoms with Crippen molar-refractivity contribution in [3.63, 3.8) is 0 Å². The second-order valence-electron chi connectivity index (χ2n) is 7.66. The predicted molar refractivity (Wildman–Crippen MR) is 102 cm³/mol. The summed E-state index contributed by atoms with van der Waals surface area (Å²) in [6.07, 6.45) is -0.538. The van der Waals surface area contributed by atoms with E-state index in [1.807, 2.05) is 10.2 Å². The largest absolute Gasteiger partial charge is 0.439 e. The van der Waals surface area contributed by atoms with E-state index >= 15 is 0 Å². The first kappa shape index (κ1) is 23.9. The van der Waals surface area contributed by atoms with Gasteiger partial charge in [0, 0.05) is 31.4 Å². The maximum Gasteiger partial charge on any atom is 0.405 e. The number of carbonyl (C=O) groups excluding carboxylic acids is 1. The fourth-order valence-corrected chi connectivity index (χ4v) is 3.29. The van der Waals surface area contributed by atoms with Crippen molar-refractivity contribution in [2.75, 3.05) is 26.2 Å². The number of pyridine rings is 1. The number of hydrogen-bond acceptors (Lipinski definition) is 7. The minimum Gasteiger partial charge on any atom is -0.439 e. The molecule has 2 aromatic heterocycles. The molecule has 1 amide bonds. The lowest BCUT2D eigenvalue weighted by Crippen LogP contribution is -2.61. The fourth-order valence-electron chi connectivity index (χ4n) is 3.29. The highest BCUT2D eigenvalue weighted by atomic mass is 19.4. The lowest BCUT2D eigenvalue weighted by molar-refractivity contribution is -0.140. The second-order valence-corrected chi connectivity index (χ2v) is 7.66. The van der Waals surface area contributed by atoms with Gasteiger partial charge in [0.2, 0.25) is 11.8 Å². The molecule has 3 heterocycles. The Bertz CT molecular complexity index is 934. The molecule has 0 radical (unpaired) electrons. The first-order chi connectivity index (χ1) is 15.0. The molecule has 1 atom stereocenters. The number of rotatable bonds is 7. The van der Waals surface area contributed by atoms with Crippen LogP contribution in [0.15, 0.2) is 29.1 Å². The summed E-state index contributed by atoms with van der Waals surface area (Å²) in [6.45, 7) is 0.197. The van der Waals surface area contributed by atoms with Crippen LogP contribution in [0.2, 0.25) is 0 Å². The number of amides is 1. The van der Waals surface area contributed by atoms with Gasteiger partial charge in [-0.1, -0.05) is 0 Å². The number of alkyl halides is 5. The van der Waals surface area contributed by atoms with E-state index in [4.69, 9.17) is 4.42 Å². The third-order valence-corrected chi connectivity index (χ3v) is 5.00. The summed E-state index contributed by atoms with van der Waals surface area (Å²) in [5, 5.41) is 4.79. The van der Waals surface area contributed by atoms with Crippen LogP contribution in [0.25, 0.3) is 11.3 Å². The molecule has 0 unspecified atom stereocenters. The van der Waals surface area contributed by atoms with Crippen LogP contribution in [0.4, 0.5) is 22.0 Å². The summed E-state index contributed by atoms with van der Waals surface area (Å²) < 4.78 is 72.2. The molecule has 13 heteroatoms. The number of ether oxygens (including phenoxy) is 1. The summed E-state index contributed by atoms with van der Waals surface area (Å²) >= 11 is 0. The number of hydrogen-bond donors (Lipinski definition) is 2. The highest BCUT2D eigenvalue weighted by molar-refractivity contribution is 5.82. The van der Waals surface area contributed by atoms with Crippen LogP contribution in [0, 0.1) is 0 Å². The van der Waals surface area contributed by atoms with E-state index < -0.39 is 36.8 Å². The van der Waals surface area contributed by atoms with Crippen molar-refractivity contribution in [3.05, 3.63) is 30.5 Å². The first-order valence-corrected chi connectivity index (χ1v) is 9.65. The average Bonchev–Trinajstić information content (AvgIpc) is 3.22. The second kappa shape index (κ2) is 9.36. The van der Waals surface area contributed by atoms with Crippen LogP contribution in [0.3, 0.4) is 0 Å². The van der Waals surface area contributed by atoms with Crippen molar-refractivity contribution < 1.29 is 35.9 Å². The zero-order valence-electron chi connectivity index (χ0n) is 17.2. The first-order valence-electron chi connectivity index (χ1n) is 9.65. The minimum atomic E-state index is -4.50. The molecule has 0 saturated carbocycles. The SMILES string of the molecule is CC(C)(c1ncc(-c2cncc(OC(F)F)c2)o1)N1CCN[C@H](C(=O)NCC(F)(F)F)C1. The van der Waals surface area contributed by atoms with Gasteiger partial charge in [-0.15, -0.1) is 0 Å². The number of aromatic nitrogens is 2. The van der Waals surface area contributed by atoms with Crippen molar-refractivity contribution in [1.29, 1.82) is 0 Å².